The van der Waals surface area contributed by atoms with Gasteiger partial charge < -0.3 is 14.5 Å². The first-order chi connectivity index (χ1) is 11.7. The molecule has 25 heavy (non-hydrogen) atoms. The number of halogens is 4. The van der Waals surface area contributed by atoms with Gasteiger partial charge in [-0.1, -0.05) is 0 Å². The second-order valence-corrected chi connectivity index (χ2v) is 5.53. The summed E-state index contributed by atoms with van der Waals surface area (Å²) in [6.07, 6.45) is -4.56. The molecule has 0 unspecified atom stereocenters. The van der Waals surface area contributed by atoms with Gasteiger partial charge in [-0.15, -0.1) is 0 Å². The van der Waals surface area contributed by atoms with Gasteiger partial charge in [0, 0.05) is 27.2 Å². The Kier molecular flexibility index (Phi) is 5.66. The highest BCUT2D eigenvalue weighted by atomic mass is 19.4. The lowest BCUT2D eigenvalue weighted by atomic mass is 10.3. The lowest BCUT2D eigenvalue weighted by Crippen LogP contribution is -2.27. The van der Waals surface area contributed by atoms with Gasteiger partial charge in [0.25, 0.3) is 0 Å². The predicted molar refractivity (Wildman–Crippen MR) is 86.5 cm³/mol. The van der Waals surface area contributed by atoms with Crippen LogP contribution in [0.2, 0.25) is 0 Å². The molecule has 1 aromatic heterocycles. The molecule has 136 valence electrons. The third kappa shape index (κ3) is 5.20. The zero-order chi connectivity index (χ0) is 18.6. The molecule has 0 aliphatic rings. The van der Waals surface area contributed by atoms with E-state index in [1.807, 2.05) is 0 Å². The van der Waals surface area contributed by atoms with E-state index in [0.717, 1.165) is 6.07 Å². The van der Waals surface area contributed by atoms with Crippen LogP contribution in [0, 0.1) is 5.82 Å². The third-order valence-corrected chi connectivity index (χ3v) is 3.30. The fourth-order valence-electron chi connectivity index (χ4n) is 1.90. The van der Waals surface area contributed by atoms with Gasteiger partial charge in [-0.25, -0.2) is 9.37 Å². The zero-order valence-corrected chi connectivity index (χ0v) is 14.0. The topological polar surface area (TPSA) is 41.5 Å². The Labute approximate surface area is 142 Å². The van der Waals surface area contributed by atoms with Gasteiger partial charge in [0.15, 0.2) is 5.69 Å². The van der Waals surface area contributed by atoms with Crippen molar-refractivity contribution in [2.45, 2.75) is 6.18 Å². The predicted octanol–water partition coefficient (Wildman–Crippen LogP) is 3.22. The fraction of sp³-hybridized carbons (Fsp3) is 0.375. The lowest BCUT2D eigenvalue weighted by Gasteiger charge is -2.21. The summed E-state index contributed by atoms with van der Waals surface area (Å²) >= 11 is 0. The standard InChI is InChI=1S/C16H18F4N4O/c1-23(2)14-10-13(16(18,19)20)21-15(22-14)24(3)8-9-25-12-6-4-11(17)5-7-12/h4-7,10H,8-9H2,1-3H3. The Morgan fingerprint density at radius 1 is 1.04 bits per heavy atom. The average molecular weight is 358 g/mol. The van der Waals surface area contributed by atoms with Gasteiger partial charge in [0.05, 0.1) is 6.54 Å². The first kappa shape index (κ1) is 18.8. The molecule has 2 aromatic rings. The Morgan fingerprint density at radius 3 is 2.24 bits per heavy atom. The summed E-state index contributed by atoms with van der Waals surface area (Å²) in [6.45, 7) is 0.435. The van der Waals surface area contributed by atoms with Crippen LogP contribution in [0.3, 0.4) is 0 Å². The quantitative estimate of drug-likeness (QED) is 0.742. The zero-order valence-electron chi connectivity index (χ0n) is 14.0. The number of aromatic nitrogens is 2. The summed E-state index contributed by atoms with van der Waals surface area (Å²) in [4.78, 5) is 10.6. The van der Waals surface area contributed by atoms with Crippen molar-refractivity contribution < 1.29 is 22.3 Å². The minimum atomic E-state index is -4.56. The summed E-state index contributed by atoms with van der Waals surface area (Å²) in [7, 11) is 4.77. The molecule has 0 amide bonds. The van der Waals surface area contributed by atoms with Crippen molar-refractivity contribution in [1.29, 1.82) is 0 Å². The SMILES string of the molecule is CN(C)c1cc(C(F)(F)F)nc(N(C)CCOc2ccc(F)cc2)n1. The van der Waals surface area contributed by atoms with Gasteiger partial charge >= 0.3 is 6.18 Å². The van der Waals surface area contributed by atoms with E-state index in [4.69, 9.17) is 4.74 Å². The second kappa shape index (κ2) is 7.54. The average Bonchev–Trinajstić information content (AvgIpc) is 2.55. The Hall–Kier alpha value is -2.58. The molecule has 0 bridgehead atoms. The first-order valence-corrected chi connectivity index (χ1v) is 7.40. The van der Waals surface area contributed by atoms with Gasteiger partial charge in [0.2, 0.25) is 5.95 Å². The molecule has 0 radical (unpaired) electrons. The molecule has 0 aliphatic heterocycles. The maximum Gasteiger partial charge on any atom is 0.433 e. The Morgan fingerprint density at radius 2 is 1.68 bits per heavy atom. The Balaban J connectivity index is 2.08. The molecule has 0 atom stereocenters. The Bertz CT molecular complexity index is 704. The van der Waals surface area contributed by atoms with Crippen LogP contribution >= 0.6 is 0 Å². The number of benzene rings is 1. The van der Waals surface area contributed by atoms with Crippen molar-refractivity contribution in [3.63, 3.8) is 0 Å². The number of nitrogens with zero attached hydrogens (tertiary/aromatic N) is 4. The molecule has 0 fully saturated rings. The largest absolute Gasteiger partial charge is 0.492 e. The minimum absolute atomic E-state index is 0.0544. The maximum absolute atomic E-state index is 13.0. The number of likely N-dealkylation sites (N-methyl/N-ethyl adjacent to an activating group) is 1. The van der Waals surface area contributed by atoms with E-state index in [0.29, 0.717) is 5.75 Å². The molecular weight excluding hydrogens is 340 g/mol. The van der Waals surface area contributed by atoms with Crippen LogP contribution in [-0.4, -0.2) is 44.3 Å². The van der Waals surface area contributed by atoms with Crippen LogP contribution in [0.15, 0.2) is 30.3 Å². The fourth-order valence-corrected chi connectivity index (χ4v) is 1.90. The summed E-state index contributed by atoms with van der Waals surface area (Å²) < 4.78 is 57.2. The van der Waals surface area contributed by atoms with Crippen molar-refractivity contribution in [2.24, 2.45) is 0 Å². The number of anilines is 2. The first-order valence-electron chi connectivity index (χ1n) is 7.40. The van der Waals surface area contributed by atoms with E-state index >= 15 is 0 Å². The van der Waals surface area contributed by atoms with E-state index in [2.05, 4.69) is 9.97 Å². The van der Waals surface area contributed by atoms with Crippen LogP contribution in [0.1, 0.15) is 5.69 Å². The van der Waals surface area contributed by atoms with Gasteiger partial charge in [-0.3, -0.25) is 0 Å². The number of hydrogen-bond donors (Lipinski definition) is 0. The minimum Gasteiger partial charge on any atom is -0.492 e. The summed E-state index contributed by atoms with van der Waals surface area (Å²) in [5.74, 6) is 0.191. The summed E-state index contributed by atoms with van der Waals surface area (Å²) in [6, 6.07) is 6.36. The number of hydrogen-bond acceptors (Lipinski definition) is 5. The molecule has 9 heteroatoms. The number of alkyl halides is 3. The molecule has 1 aromatic carbocycles. The molecule has 0 N–H and O–H groups in total. The molecule has 1 heterocycles. The number of rotatable bonds is 6. The molecule has 0 spiro atoms. The van der Waals surface area contributed by atoms with E-state index < -0.39 is 11.9 Å². The molecular formula is C16H18F4N4O. The van der Waals surface area contributed by atoms with Crippen LogP contribution in [0.5, 0.6) is 5.75 Å². The monoisotopic (exact) mass is 358 g/mol. The van der Waals surface area contributed by atoms with Crippen LogP contribution in [-0.2, 0) is 6.18 Å². The van der Waals surface area contributed by atoms with Crippen molar-refractivity contribution in [3.8, 4) is 5.75 Å². The molecule has 2 rings (SSSR count). The highest BCUT2D eigenvalue weighted by molar-refractivity contribution is 5.45. The van der Waals surface area contributed by atoms with Crippen molar-refractivity contribution in [1.82, 2.24) is 9.97 Å². The van der Waals surface area contributed by atoms with Crippen LogP contribution in [0.4, 0.5) is 29.3 Å². The smallest absolute Gasteiger partial charge is 0.433 e. The van der Waals surface area contributed by atoms with Gasteiger partial charge in [0.1, 0.15) is 24.0 Å². The van der Waals surface area contributed by atoms with E-state index in [1.165, 1.54) is 34.1 Å². The third-order valence-electron chi connectivity index (χ3n) is 3.30. The van der Waals surface area contributed by atoms with Gasteiger partial charge in [-0.05, 0) is 24.3 Å². The van der Waals surface area contributed by atoms with Crippen LogP contribution in [0.25, 0.3) is 0 Å². The summed E-state index contributed by atoms with van der Waals surface area (Å²) in [5, 5.41) is 0. The normalized spacial score (nSPS) is 11.3. The number of ether oxygens (including phenoxy) is 1. The van der Waals surface area contributed by atoms with Gasteiger partial charge in [-0.2, -0.15) is 18.2 Å². The molecule has 5 nitrogen and oxygen atoms in total. The summed E-state index contributed by atoms with van der Waals surface area (Å²) in [5.41, 5.74) is -1.01. The highest BCUT2D eigenvalue weighted by Crippen LogP contribution is 2.30. The van der Waals surface area contributed by atoms with E-state index in [-0.39, 0.29) is 30.7 Å². The van der Waals surface area contributed by atoms with Crippen LogP contribution < -0.4 is 14.5 Å². The molecule has 0 saturated heterocycles. The van der Waals surface area contributed by atoms with Crippen molar-refractivity contribution in [3.05, 3.63) is 41.8 Å². The highest BCUT2D eigenvalue weighted by Gasteiger charge is 2.34. The van der Waals surface area contributed by atoms with Crippen molar-refractivity contribution in [2.75, 3.05) is 44.1 Å². The van der Waals surface area contributed by atoms with Crippen molar-refractivity contribution >= 4 is 11.8 Å². The lowest BCUT2D eigenvalue weighted by molar-refractivity contribution is -0.141. The van der Waals surface area contributed by atoms with E-state index in [9.17, 15) is 17.6 Å². The van der Waals surface area contributed by atoms with E-state index in [1.54, 1.807) is 21.1 Å². The maximum atomic E-state index is 13.0. The molecule has 0 saturated carbocycles. The second-order valence-electron chi connectivity index (χ2n) is 5.53. The molecule has 0 aliphatic carbocycles.